The first kappa shape index (κ1) is 9.86. The lowest BCUT2D eigenvalue weighted by molar-refractivity contribution is 0.265. The summed E-state index contributed by atoms with van der Waals surface area (Å²) in [6, 6.07) is 0. The van der Waals surface area contributed by atoms with Crippen LogP contribution in [0, 0.1) is 5.92 Å². The molecule has 0 amide bonds. The van der Waals surface area contributed by atoms with Crippen LogP contribution in [0.4, 0.5) is 5.00 Å². The highest BCUT2D eigenvalue weighted by Gasteiger charge is 2.24. The maximum Gasteiger partial charge on any atom is 0.132 e. The van der Waals surface area contributed by atoms with Gasteiger partial charge in [0.05, 0.1) is 0 Å². The number of hydrogen-bond acceptors (Lipinski definition) is 5. The number of nitrogens with two attached hydrogens (primary N) is 1. The van der Waals surface area contributed by atoms with Crippen molar-refractivity contribution < 1.29 is 0 Å². The maximum atomic E-state index is 5.76. The number of hydrogen-bond donors (Lipinski definition) is 1. The fourth-order valence-corrected chi connectivity index (χ4v) is 1.95. The van der Waals surface area contributed by atoms with E-state index < -0.39 is 0 Å². The van der Waals surface area contributed by atoms with Gasteiger partial charge < -0.3 is 5.73 Å². The number of anilines is 1. The lowest BCUT2D eigenvalue weighted by Crippen LogP contribution is -2.25. The van der Waals surface area contributed by atoms with Crippen LogP contribution in [0.2, 0.25) is 0 Å². The van der Waals surface area contributed by atoms with Crippen molar-refractivity contribution in [1.82, 2.24) is 14.5 Å². The van der Waals surface area contributed by atoms with E-state index in [9.17, 15) is 0 Å². The van der Waals surface area contributed by atoms with Crippen LogP contribution in [0.1, 0.15) is 25.5 Å². The van der Waals surface area contributed by atoms with Crippen LogP contribution in [0.25, 0.3) is 0 Å². The standard InChI is InChI=1S/C9H16N4S/c1-2-13(5-7-3-4-7)6-8-9(10)14-12-11-8/h7H,2-6,10H2,1H3. The van der Waals surface area contributed by atoms with Crippen molar-refractivity contribution in [3.05, 3.63) is 5.69 Å². The van der Waals surface area contributed by atoms with Crippen molar-refractivity contribution in [1.29, 1.82) is 0 Å². The van der Waals surface area contributed by atoms with E-state index in [1.165, 1.54) is 30.9 Å². The summed E-state index contributed by atoms with van der Waals surface area (Å²) in [6.07, 6.45) is 2.78. The zero-order valence-electron chi connectivity index (χ0n) is 8.44. The smallest absolute Gasteiger partial charge is 0.132 e. The van der Waals surface area contributed by atoms with Crippen LogP contribution in [0.5, 0.6) is 0 Å². The Morgan fingerprint density at radius 2 is 2.36 bits per heavy atom. The summed E-state index contributed by atoms with van der Waals surface area (Å²) in [5.41, 5.74) is 6.70. The molecule has 1 aromatic rings. The van der Waals surface area contributed by atoms with Crippen molar-refractivity contribution in [2.24, 2.45) is 5.92 Å². The molecule has 0 aliphatic heterocycles. The van der Waals surface area contributed by atoms with Gasteiger partial charge in [0.15, 0.2) is 0 Å². The van der Waals surface area contributed by atoms with Gasteiger partial charge in [-0.25, -0.2) is 0 Å². The molecular formula is C9H16N4S. The van der Waals surface area contributed by atoms with Crippen molar-refractivity contribution in [3.63, 3.8) is 0 Å². The first-order valence-electron chi connectivity index (χ1n) is 5.08. The van der Waals surface area contributed by atoms with Crippen molar-refractivity contribution in [3.8, 4) is 0 Å². The molecule has 1 aliphatic carbocycles. The van der Waals surface area contributed by atoms with Crippen LogP contribution >= 0.6 is 11.5 Å². The molecule has 2 rings (SSSR count). The highest BCUT2D eigenvalue weighted by molar-refractivity contribution is 7.09. The molecule has 0 bridgehead atoms. The molecule has 78 valence electrons. The fourth-order valence-electron chi connectivity index (χ4n) is 1.51. The van der Waals surface area contributed by atoms with Gasteiger partial charge in [-0.15, -0.1) is 5.10 Å². The molecule has 1 heterocycles. The van der Waals surface area contributed by atoms with Crippen LogP contribution in [-0.4, -0.2) is 27.6 Å². The lowest BCUT2D eigenvalue weighted by atomic mass is 10.3. The topological polar surface area (TPSA) is 55.0 Å². The SMILES string of the molecule is CCN(Cc1nnsc1N)CC1CC1. The Morgan fingerprint density at radius 1 is 1.57 bits per heavy atom. The highest BCUT2D eigenvalue weighted by Crippen LogP contribution is 2.30. The number of nitrogen functional groups attached to an aromatic ring is 1. The van der Waals surface area contributed by atoms with E-state index in [4.69, 9.17) is 5.73 Å². The van der Waals surface area contributed by atoms with Gasteiger partial charge in [0.2, 0.25) is 0 Å². The molecular weight excluding hydrogens is 196 g/mol. The molecule has 5 heteroatoms. The Balaban J connectivity index is 1.89. The molecule has 0 radical (unpaired) electrons. The van der Waals surface area contributed by atoms with Gasteiger partial charge in [0, 0.05) is 24.6 Å². The second kappa shape index (κ2) is 4.23. The average molecular weight is 212 g/mol. The molecule has 0 spiro atoms. The lowest BCUT2D eigenvalue weighted by Gasteiger charge is -2.18. The molecule has 0 saturated heterocycles. The fraction of sp³-hybridized carbons (Fsp3) is 0.778. The maximum absolute atomic E-state index is 5.76. The third-order valence-electron chi connectivity index (χ3n) is 2.62. The molecule has 4 nitrogen and oxygen atoms in total. The Kier molecular flexibility index (Phi) is 2.98. The Labute approximate surface area is 88.3 Å². The summed E-state index contributed by atoms with van der Waals surface area (Å²) in [5, 5.41) is 4.80. The summed E-state index contributed by atoms with van der Waals surface area (Å²) in [7, 11) is 0. The second-order valence-corrected chi connectivity index (χ2v) is 4.64. The van der Waals surface area contributed by atoms with Crippen LogP contribution in [0.15, 0.2) is 0 Å². The van der Waals surface area contributed by atoms with Gasteiger partial charge >= 0.3 is 0 Å². The van der Waals surface area contributed by atoms with E-state index in [0.717, 1.165) is 29.7 Å². The molecule has 1 fully saturated rings. The molecule has 0 atom stereocenters. The van der Waals surface area contributed by atoms with Crippen LogP contribution in [0.3, 0.4) is 0 Å². The predicted octanol–water partition coefficient (Wildman–Crippen LogP) is 1.35. The van der Waals surface area contributed by atoms with Crippen molar-refractivity contribution in [2.45, 2.75) is 26.3 Å². The van der Waals surface area contributed by atoms with Gasteiger partial charge in [0.1, 0.15) is 10.7 Å². The van der Waals surface area contributed by atoms with Crippen molar-refractivity contribution in [2.75, 3.05) is 18.8 Å². The number of aromatic nitrogens is 2. The molecule has 1 saturated carbocycles. The largest absolute Gasteiger partial charge is 0.388 e. The number of rotatable bonds is 5. The van der Waals surface area contributed by atoms with Crippen LogP contribution < -0.4 is 5.73 Å². The third-order valence-corrected chi connectivity index (χ3v) is 3.21. The first-order chi connectivity index (χ1) is 6.79. The summed E-state index contributed by atoms with van der Waals surface area (Å²) < 4.78 is 3.84. The normalized spacial score (nSPS) is 16.4. The summed E-state index contributed by atoms with van der Waals surface area (Å²) >= 11 is 1.28. The van der Waals surface area contributed by atoms with Gasteiger partial charge in [0.25, 0.3) is 0 Å². The van der Waals surface area contributed by atoms with Gasteiger partial charge in [-0.2, -0.15) is 0 Å². The zero-order chi connectivity index (χ0) is 9.97. The van der Waals surface area contributed by atoms with Crippen molar-refractivity contribution >= 4 is 16.5 Å². The second-order valence-electron chi connectivity index (χ2n) is 3.85. The molecule has 1 aromatic heterocycles. The zero-order valence-corrected chi connectivity index (χ0v) is 9.26. The van der Waals surface area contributed by atoms with E-state index in [1.54, 1.807) is 0 Å². The molecule has 1 aliphatic rings. The Bertz CT molecular complexity index is 295. The van der Waals surface area contributed by atoms with Gasteiger partial charge in [-0.1, -0.05) is 11.4 Å². The van der Waals surface area contributed by atoms with Gasteiger partial charge in [-0.3, -0.25) is 4.90 Å². The third kappa shape index (κ3) is 2.42. The first-order valence-corrected chi connectivity index (χ1v) is 5.86. The monoisotopic (exact) mass is 212 g/mol. The van der Waals surface area contributed by atoms with Crippen LogP contribution in [-0.2, 0) is 6.54 Å². The number of nitrogens with zero attached hydrogens (tertiary/aromatic N) is 3. The predicted molar refractivity (Wildman–Crippen MR) is 58.0 cm³/mol. The Morgan fingerprint density at radius 3 is 2.86 bits per heavy atom. The quantitative estimate of drug-likeness (QED) is 0.800. The summed E-state index contributed by atoms with van der Waals surface area (Å²) in [5.74, 6) is 0.919. The van der Waals surface area contributed by atoms with E-state index in [-0.39, 0.29) is 0 Å². The average Bonchev–Trinajstić information content (AvgIpc) is 2.90. The van der Waals surface area contributed by atoms with E-state index >= 15 is 0 Å². The molecule has 0 aromatic carbocycles. The minimum Gasteiger partial charge on any atom is -0.388 e. The van der Waals surface area contributed by atoms with E-state index in [1.807, 2.05) is 0 Å². The highest BCUT2D eigenvalue weighted by atomic mass is 32.1. The van der Waals surface area contributed by atoms with E-state index in [0.29, 0.717) is 0 Å². The van der Waals surface area contributed by atoms with Gasteiger partial charge in [-0.05, 0) is 25.3 Å². The van der Waals surface area contributed by atoms with E-state index in [2.05, 4.69) is 21.4 Å². The Hall–Kier alpha value is -0.680. The summed E-state index contributed by atoms with van der Waals surface area (Å²) in [4.78, 5) is 2.39. The summed E-state index contributed by atoms with van der Waals surface area (Å²) in [6.45, 7) is 5.29. The minimum absolute atomic E-state index is 0.763. The minimum atomic E-state index is 0.763. The molecule has 0 unspecified atom stereocenters. The molecule has 14 heavy (non-hydrogen) atoms. The molecule has 2 N–H and O–H groups in total.